The molecular weight excluding hydrogens is 285 g/mol. The van der Waals surface area contributed by atoms with Crippen molar-refractivity contribution in [3.8, 4) is 0 Å². The monoisotopic (exact) mass is 299 g/mol. The van der Waals surface area contributed by atoms with Crippen LogP contribution in [0.3, 0.4) is 0 Å². The average molecular weight is 299 g/mol. The van der Waals surface area contributed by atoms with Gasteiger partial charge in [0.2, 0.25) is 0 Å². The van der Waals surface area contributed by atoms with Crippen LogP contribution in [-0.4, -0.2) is 53.2 Å². The lowest BCUT2D eigenvalue weighted by Gasteiger charge is -2.34. The van der Waals surface area contributed by atoms with Gasteiger partial charge in [-0.2, -0.15) is 0 Å². The van der Waals surface area contributed by atoms with E-state index in [9.17, 15) is 24.4 Å². The minimum absolute atomic E-state index is 0.132. The first kappa shape index (κ1) is 15.1. The molecule has 0 spiro atoms. The van der Waals surface area contributed by atoms with Gasteiger partial charge in [-0.3, -0.25) is 14.9 Å². The van der Waals surface area contributed by atoms with Crippen LogP contribution in [0.2, 0.25) is 0 Å². The topological polar surface area (TPSA) is 119 Å². The van der Waals surface area contributed by atoms with E-state index in [4.69, 9.17) is 10.5 Å². The Morgan fingerprint density at radius 2 is 2.33 bits per heavy atom. The van der Waals surface area contributed by atoms with E-state index in [2.05, 4.69) is 0 Å². The molecule has 21 heavy (non-hydrogen) atoms. The molecule has 1 aliphatic heterocycles. The van der Waals surface area contributed by atoms with Crippen LogP contribution >= 0.6 is 0 Å². The maximum atomic E-state index is 13.4. The molecule has 1 atom stereocenters. The van der Waals surface area contributed by atoms with E-state index in [0.29, 0.717) is 6.07 Å². The minimum atomic E-state index is -0.959. The number of nitrogens with two attached hydrogens (primary N) is 1. The first-order valence-corrected chi connectivity index (χ1v) is 6.18. The summed E-state index contributed by atoms with van der Waals surface area (Å²) in [5.74, 6) is -1.64. The van der Waals surface area contributed by atoms with Crippen molar-refractivity contribution in [1.82, 2.24) is 4.90 Å². The predicted molar refractivity (Wildman–Crippen MR) is 70.2 cm³/mol. The van der Waals surface area contributed by atoms with Crippen LogP contribution in [0.4, 0.5) is 15.8 Å². The van der Waals surface area contributed by atoms with E-state index in [1.807, 2.05) is 0 Å². The third-order valence-corrected chi connectivity index (χ3v) is 3.24. The molecule has 1 aromatic rings. The van der Waals surface area contributed by atoms with Crippen molar-refractivity contribution in [2.24, 2.45) is 0 Å². The van der Waals surface area contributed by atoms with E-state index in [0.717, 1.165) is 6.07 Å². The van der Waals surface area contributed by atoms with Gasteiger partial charge >= 0.3 is 0 Å². The Bertz CT molecular complexity index is 580. The number of ether oxygens (including phenoxy) is 1. The number of benzene rings is 1. The number of nitro benzene ring substituents is 1. The molecule has 1 saturated heterocycles. The van der Waals surface area contributed by atoms with Gasteiger partial charge in [-0.25, -0.2) is 4.39 Å². The van der Waals surface area contributed by atoms with Crippen molar-refractivity contribution in [1.29, 1.82) is 0 Å². The summed E-state index contributed by atoms with van der Waals surface area (Å²) in [6, 6.07) is 0.966. The number of hydrogen-bond donors (Lipinski definition) is 2. The third kappa shape index (κ3) is 2.93. The second-order valence-electron chi connectivity index (χ2n) is 4.56. The van der Waals surface area contributed by atoms with Crippen LogP contribution in [0.1, 0.15) is 10.4 Å². The molecule has 0 radical (unpaired) electrons. The fraction of sp³-hybridized carbons (Fsp3) is 0.417. The Labute approximate surface area is 119 Å². The Morgan fingerprint density at radius 3 is 2.95 bits per heavy atom. The van der Waals surface area contributed by atoms with Crippen LogP contribution in [0, 0.1) is 15.9 Å². The number of amides is 1. The van der Waals surface area contributed by atoms with Crippen molar-refractivity contribution >= 4 is 17.3 Å². The zero-order chi connectivity index (χ0) is 15.6. The summed E-state index contributed by atoms with van der Waals surface area (Å²) in [6.45, 7) is 0.230. The average Bonchev–Trinajstić information content (AvgIpc) is 2.48. The van der Waals surface area contributed by atoms with Gasteiger partial charge in [0.05, 0.1) is 42.5 Å². The SMILES string of the molecule is Nc1cc(C(=O)N2CCOCC2CO)c([N+](=O)[O-])cc1F. The third-order valence-electron chi connectivity index (χ3n) is 3.24. The normalized spacial score (nSPS) is 18.6. The highest BCUT2D eigenvalue weighted by Crippen LogP contribution is 2.26. The van der Waals surface area contributed by atoms with E-state index >= 15 is 0 Å². The molecule has 0 aliphatic carbocycles. The number of nitrogens with zero attached hydrogens (tertiary/aromatic N) is 2. The molecule has 8 nitrogen and oxygen atoms in total. The molecule has 0 bridgehead atoms. The summed E-state index contributed by atoms with van der Waals surface area (Å²) in [7, 11) is 0. The minimum Gasteiger partial charge on any atom is -0.396 e. The quantitative estimate of drug-likeness (QED) is 0.466. The molecule has 1 aliphatic rings. The smallest absolute Gasteiger partial charge is 0.285 e. The van der Waals surface area contributed by atoms with E-state index < -0.39 is 28.4 Å². The van der Waals surface area contributed by atoms with Gasteiger partial charge in [-0.15, -0.1) is 0 Å². The van der Waals surface area contributed by atoms with Crippen LogP contribution in [-0.2, 0) is 4.74 Å². The van der Waals surface area contributed by atoms with E-state index in [-0.39, 0.29) is 37.6 Å². The summed E-state index contributed by atoms with van der Waals surface area (Å²) in [4.78, 5) is 23.8. The van der Waals surface area contributed by atoms with Gasteiger partial charge in [-0.1, -0.05) is 0 Å². The molecule has 1 heterocycles. The number of carbonyl (C=O) groups excluding carboxylic acids is 1. The predicted octanol–water partition coefficient (Wildman–Crippen LogP) is 0.149. The highest BCUT2D eigenvalue weighted by molar-refractivity contribution is 5.99. The summed E-state index contributed by atoms with van der Waals surface area (Å²) < 4.78 is 18.5. The highest BCUT2D eigenvalue weighted by atomic mass is 19.1. The Morgan fingerprint density at radius 1 is 1.62 bits per heavy atom. The maximum absolute atomic E-state index is 13.4. The van der Waals surface area contributed by atoms with E-state index in [1.54, 1.807) is 0 Å². The van der Waals surface area contributed by atoms with Gasteiger partial charge < -0.3 is 20.5 Å². The summed E-state index contributed by atoms with van der Waals surface area (Å²) in [5, 5.41) is 20.2. The molecule has 1 amide bonds. The molecule has 1 unspecified atom stereocenters. The van der Waals surface area contributed by atoms with Gasteiger partial charge in [0.15, 0.2) is 5.82 Å². The standard InChI is InChI=1S/C12H14FN3O5/c13-9-4-11(16(19)20)8(3-10(9)14)12(18)15-1-2-21-6-7(15)5-17/h3-4,7,17H,1-2,5-6,14H2. The van der Waals surface area contributed by atoms with Crippen molar-refractivity contribution in [2.45, 2.75) is 6.04 Å². The molecule has 2 rings (SSSR count). The number of rotatable bonds is 3. The number of nitro groups is 1. The van der Waals surface area contributed by atoms with E-state index in [1.165, 1.54) is 4.90 Å². The zero-order valence-corrected chi connectivity index (χ0v) is 11.0. The number of carbonyl (C=O) groups is 1. The van der Waals surface area contributed by atoms with Crippen LogP contribution in [0.5, 0.6) is 0 Å². The Kier molecular flexibility index (Phi) is 4.34. The maximum Gasteiger partial charge on any atom is 0.285 e. The number of aliphatic hydroxyl groups is 1. The van der Waals surface area contributed by atoms with Crippen molar-refractivity contribution in [2.75, 3.05) is 32.1 Å². The molecule has 9 heteroatoms. The number of aliphatic hydroxyl groups excluding tert-OH is 1. The molecule has 0 saturated carbocycles. The number of morpholine rings is 1. The Balaban J connectivity index is 2.42. The fourth-order valence-electron chi connectivity index (χ4n) is 2.13. The van der Waals surface area contributed by atoms with Crippen molar-refractivity contribution in [3.63, 3.8) is 0 Å². The lowest BCUT2D eigenvalue weighted by atomic mass is 10.1. The Hall–Kier alpha value is -2.26. The lowest BCUT2D eigenvalue weighted by molar-refractivity contribution is -0.385. The second kappa shape index (κ2) is 6.02. The largest absolute Gasteiger partial charge is 0.396 e. The first-order valence-electron chi connectivity index (χ1n) is 6.18. The zero-order valence-electron chi connectivity index (χ0n) is 11.0. The van der Waals surface area contributed by atoms with Crippen molar-refractivity contribution in [3.05, 3.63) is 33.6 Å². The number of halogens is 1. The molecule has 1 fully saturated rings. The van der Waals surface area contributed by atoms with Crippen LogP contribution < -0.4 is 5.73 Å². The summed E-state index contributed by atoms with van der Waals surface area (Å²) >= 11 is 0. The molecule has 0 aromatic heterocycles. The van der Waals surface area contributed by atoms with Gasteiger partial charge in [-0.05, 0) is 6.07 Å². The molecular formula is C12H14FN3O5. The molecule has 114 valence electrons. The first-order chi connectivity index (χ1) is 9.95. The van der Waals surface area contributed by atoms with Crippen molar-refractivity contribution < 1.29 is 24.0 Å². The van der Waals surface area contributed by atoms with Crippen LogP contribution in [0.15, 0.2) is 12.1 Å². The lowest BCUT2D eigenvalue weighted by Crippen LogP contribution is -2.50. The fourth-order valence-corrected chi connectivity index (χ4v) is 2.13. The number of nitrogen functional groups attached to an aromatic ring is 1. The number of anilines is 1. The van der Waals surface area contributed by atoms with Gasteiger partial charge in [0.1, 0.15) is 5.56 Å². The van der Waals surface area contributed by atoms with Crippen LogP contribution in [0.25, 0.3) is 0 Å². The summed E-state index contributed by atoms with van der Waals surface area (Å²) in [6.07, 6.45) is 0. The van der Waals surface area contributed by atoms with Gasteiger partial charge in [0, 0.05) is 6.54 Å². The van der Waals surface area contributed by atoms with Gasteiger partial charge in [0.25, 0.3) is 11.6 Å². The highest BCUT2D eigenvalue weighted by Gasteiger charge is 2.32. The second-order valence-corrected chi connectivity index (χ2v) is 4.56. The number of hydrogen-bond acceptors (Lipinski definition) is 6. The molecule has 3 N–H and O–H groups in total. The summed E-state index contributed by atoms with van der Waals surface area (Å²) in [5.41, 5.74) is 4.07. The molecule has 1 aromatic carbocycles.